The van der Waals surface area contributed by atoms with Crippen LogP contribution in [-0.2, 0) is 6.61 Å². The molecule has 0 fully saturated rings. The fraction of sp³-hybridized carbons (Fsp3) is 0.130. The lowest BCUT2D eigenvalue weighted by atomic mass is 10.2. The predicted molar refractivity (Wildman–Crippen MR) is 130 cm³/mol. The van der Waals surface area contributed by atoms with Gasteiger partial charge in [0.15, 0.2) is 11.5 Å². The molecule has 0 aromatic heterocycles. The molecule has 0 heterocycles. The molecule has 0 saturated heterocycles. The molecule has 0 radical (unpaired) electrons. The molecule has 3 aromatic carbocycles. The van der Waals surface area contributed by atoms with Gasteiger partial charge in [0.05, 0.1) is 31.0 Å². The first-order chi connectivity index (χ1) is 15.4. The van der Waals surface area contributed by atoms with Crippen LogP contribution in [0.15, 0.2) is 64.2 Å². The van der Waals surface area contributed by atoms with E-state index in [9.17, 15) is 4.79 Å². The highest BCUT2D eigenvalue weighted by atomic mass is 79.9. The van der Waals surface area contributed by atoms with E-state index < -0.39 is 5.91 Å². The van der Waals surface area contributed by atoms with E-state index in [-0.39, 0.29) is 6.61 Å². The van der Waals surface area contributed by atoms with E-state index in [4.69, 9.17) is 37.4 Å². The molecule has 0 saturated carbocycles. The summed E-state index contributed by atoms with van der Waals surface area (Å²) < 4.78 is 17.2. The molecular weight excluding hydrogens is 519 g/mol. The summed E-state index contributed by atoms with van der Waals surface area (Å²) in [6.45, 7) is 0.230. The summed E-state index contributed by atoms with van der Waals surface area (Å²) in [5.41, 5.74) is 4.25. The normalized spacial score (nSPS) is 10.8. The SMILES string of the molecule is COc1ccc(Br)cc1C(=O)N/N=C\c1cc(Cl)c(OCc2ccccc2Cl)c(OC)c1. The van der Waals surface area contributed by atoms with Gasteiger partial charge in [-0.2, -0.15) is 5.10 Å². The number of amides is 1. The third-order valence-corrected chi connectivity index (χ3v) is 5.51. The molecule has 0 atom stereocenters. The Kier molecular flexibility index (Phi) is 8.39. The van der Waals surface area contributed by atoms with Crippen LogP contribution >= 0.6 is 39.1 Å². The molecule has 0 unspecified atom stereocenters. The quantitative estimate of drug-likeness (QED) is 0.278. The molecule has 0 spiro atoms. The number of hydrazone groups is 1. The van der Waals surface area contributed by atoms with Crippen LogP contribution in [0.3, 0.4) is 0 Å². The number of halogens is 3. The van der Waals surface area contributed by atoms with Crippen molar-refractivity contribution < 1.29 is 19.0 Å². The average molecular weight is 538 g/mol. The zero-order valence-electron chi connectivity index (χ0n) is 17.2. The van der Waals surface area contributed by atoms with Crippen LogP contribution in [0.4, 0.5) is 0 Å². The van der Waals surface area contributed by atoms with Crippen LogP contribution in [0.1, 0.15) is 21.5 Å². The third-order valence-electron chi connectivity index (χ3n) is 4.37. The minimum absolute atomic E-state index is 0.230. The fourth-order valence-electron chi connectivity index (χ4n) is 2.80. The highest BCUT2D eigenvalue weighted by Crippen LogP contribution is 2.37. The lowest BCUT2D eigenvalue weighted by molar-refractivity contribution is 0.0952. The predicted octanol–water partition coefficient (Wildman–Crippen LogP) is 6.12. The monoisotopic (exact) mass is 536 g/mol. The van der Waals surface area contributed by atoms with Gasteiger partial charge in [-0.1, -0.05) is 57.3 Å². The van der Waals surface area contributed by atoms with Gasteiger partial charge in [-0.15, -0.1) is 0 Å². The van der Waals surface area contributed by atoms with Crippen LogP contribution in [0.5, 0.6) is 17.2 Å². The first kappa shape index (κ1) is 23.9. The van der Waals surface area contributed by atoms with Crippen LogP contribution in [-0.4, -0.2) is 26.3 Å². The van der Waals surface area contributed by atoms with E-state index in [1.165, 1.54) is 20.4 Å². The summed E-state index contributed by atoms with van der Waals surface area (Å²) >= 11 is 15.9. The Hall–Kier alpha value is -2.74. The number of carbonyl (C=O) groups is 1. The molecule has 0 aliphatic carbocycles. The second kappa shape index (κ2) is 11.2. The summed E-state index contributed by atoms with van der Waals surface area (Å²) in [5.74, 6) is 0.822. The number of ether oxygens (including phenoxy) is 3. The molecular formula is C23H19BrCl2N2O4. The average Bonchev–Trinajstić information content (AvgIpc) is 2.79. The Bertz CT molecular complexity index is 1150. The minimum atomic E-state index is -0.419. The van der Waals surface area contributed by atoms with Crippen molar-refractivity contribution in [2.45, 2.75) is 6.61 Å². The second-order valence-corrected chi connectivity index (χ2v) is 8.19. The highest BCUT2D eigenvalue weighted by molar-refractivity contribution is 9.10. The number of methoxy groups -OCH3 is 2. The van der Waals surface area contributed by atoms with Crippen molar-refractivity contribution in [3.63, 3.8) is 0 Å². The largest absolute Gasteiger partial charge is 0.496 e. The number of benzene rings is 3. The number of hydrogen-bond donors (Lipinski definition) is 1. The molecule has 166 valence electrons. The number of hydrogen-bond acceptors (Lipinski definition) is 5. The first-order valence-electron chi connectivity index (χ1n) is 9.33. The summed E-state index contributed by atoms with van der Waals surface area (Å²) in [6, 6.07) is 15.8. The standard InChI is InChI=1S/C23H19BrCl2N2O4/c1-30-20-8-7-16(24)11-17(20)23(29)28-27-12-14-9-19(26)22(21(10-14)31-2)32-13-15-5-3-4-6-18(15)25/h3-12H,13H2,1-2H3,(H,28,29)/b27-12-. The number of nitrogens with zero attached hydrogens (tertiary/aromatic N) is 1. The van der Waals surface area contributed by atoms with Crippen molar-refractivity contribution in [2.75, 3.05) is 14.2 Å². The minimum Gasteiger partial charge on any atom is -0.496 e. The van der Waals surface area contributed by atoms with Gasteiger partial charge in [-0.3, -0.25) is 4.79 Å². The summed E-state index contributed by atoms with van der Waals surface area (Å²) in [4.78, 5) is 12.5. The van der Waals surface area contributed by atoms with E-state index >= 15 is 0 Å². The van der Waals surface area contributed by atoms with Gasteiger partial charge in [-0.25, -0.2) is 5.43 Å². The van der Waals surface area contributed by atoms with E-state index in [2.05, 4.69) is 26.5 Å². The summed E-state index contributed by atoms with van der Waals surface area (Å²) in [7, 11) is 3.00. The van der Waals surface area contributed by atoms with Gasteiger partial charge in [0.2, 0.25) is 0 Å². The van der Waals surface area contributed by atoms with Crippen molar-refractivity contribution in [3.8, 4) is 17.2 Å². The Morgan fingerprint density at radius 1 is 1.03 bits per heavy atom. The van der Waals surface area contributed by atoms with Crippen LogP contribution in [0.2, 0.25) is 10.0 Å². The molecule has 6 nitrogen and oxygen atoms in total. The lowest BCUT2D eigenvalue weighted by Crippen LogP contribution is -2.18. The topological polar surface area (TPSA) is 69.2 Å². The number of rotatable bonds is 8. The zero-order valence-corrected chi connectivity index (χ0v) is 20.3. The van der Waals surface area contributed by atoms with Crippen molar-refractivity contribution in [1.29, 1.82) is 0 Å². The molecule has 1 N–H and O–H groups in total. The molecule has 9 heteroatoms. The second-order valence-electron chi connectivity index (χ2n) is 6.46. The first-order valence-corrected chi connectivity index (χ1v) is 10.9. The smallest absolute Gasteiger partial charge is 0.275 e. The Morgan fingerprint density at radius 2 is 1.78 bits per heavy atom. The van der Waals surface area contributed by atoms with Crippen LogP contribution in [0.25, 0.3) is 0 Å². The molecule has 0 aliphatic heterocycles. The maximum atomic E-state index is 12.5. The van der Waals surface area contributed by atoms with E-state index in [1.54, 1.807) is 36.4 Å². The lowest BCUT2D eigenvalue weighted by Gasteiger charge is -2.14. The molecule has 32 heavy (non-hydrogen) atoms. The fourth-order valence-corrected chi connectivity index (χ4v) is 3.63. The Morgan fingerprint density at radius 3 is 2.50 bits per heavy atom. The third kappa shape index (κ3) is 5.94. The highest BCUT2D eigenvalue weighted by Gasteiger charge is 2.14. The van der Waals surface area contributed by atoms with Crippen molar-refractivity contribution in [3.05, 3.63) is 85.8 Å². The van der Waals surface area contributed by atoms with Gasteiger partial charge in [-0.05, 0) is 42.0 Å². The Balaban J connectivity index is 1.73. The number of nitrogens with one attached hydrogen (secondary N) is 1. The van der Waals surface area contributed by atoms with Gasteiger partial charge in [0.25, 0.3) is 5.91 Å². The van der Waals surface area contributed by atoms with Gasteiger partial charge < -0.3 is 14.2 Å². The van der Waals surface area contributed by atoms with Gasteiger partial charge in [0, 0.05) is 15.1 Å². The van der Waals surface area contributed by atoms with Crippen molar-refractivity contribution >= 4 is 51.3 Å². The Labute approximate surface area is 204 Å². The molecule has 0 bridgehead atoms. The van der Waals surface area contributed by atoms with Gasteiger partial charge in [0.1, 0.15) is 12.4 Å². The van der Waals surface area contributed by atoms with Crippen LogP contribution in [0, 0.1) is 0 Å². The molecule has 0 aliphatic rings. The molecule has 1 amide bonds. The van der Waals surface area contributed by atoms with Crippen LogP contribution < -0.4 is 19.6 Å². The maximum absolute atomic E-state index is 12.5. The van der Waals surface area contributed by atoms with E-state index in [0.717, 1.165) is 10.0 Å². The number of carbonyl (C=O) groups excluding carboxylic acids is 1. The van der Waals surface area contributed by atoms with Gasteiger partial charge >= 0.3 is 0 Å². The maximum Gasteiger partial charge on any atom is 0.275 e. The zero-order chi connectivity index (χ0) is 23.1. The van der Waals surface area contributed by atoms with Crippen molar-refractivity contribution in [1.82, 2.24) is 5.43 Å². The molecule has 3 rings (SSSR count). The molecule has 3 aromatic rings. The summed E-state index contributed by atoms with van der Waals surface area (Å²) in [6.07, 6.45) is 1.45. The van der Waals surface area contributed by atoms with E-state index in [1.807, 2.05) is 18.2 Å². The summed E-state index contributed by atoms with van der Waals surface area (Å²) in [5, 5.41) is 4.94. The van der Waals surface area contributed by atoms with E-state index in [0.29, 0.717) is 38.4 Å². The van der Waals surface area contributed by atoms with Crippen molar-refractivity contribution in [2.24, 2.45) is 5.10 Å².